The van der Waals surface area contributed by atoms with Gasteiger partial charge in [-0.05, 0) is 42.8 Å². The minimum absolute atomic E-state index is 0.266. The molecule has 1 fully saturated rings. The highest BCUT2D eigenvalue weighted by atomic mass is 79.9. The molecule has 0 saturated carbocycles. The molecule has 0 aliphatic carbocycles. The van der Waals surface area contributed by atoms with Crippen molar-refractivity contribution in [2.75, 3.05) is 19.0 Å². The molecule has 1 aliphatic rings. The van der Waals surface area contributed by atoms with Gasteiger partial charge in [-0.3, -0.25) is 14.5 Å². The molecule has 9 heteroatoms. The van der Waals surface area contributed by atoms with Gasteiger partial charge in [-0.2, -0.15) is 0 Å². The van der Waals surface area contributed by atoms with Gasteiger partial charge in [-0.15, -0.1) is 0 Å². The summed E-state index contributed by atoms with van der Waals surface area (Å²) in [4.78, 5) is 50.1. The van der Waals surface area contributed by atoms with E-state index in [9.17, 15) is 19.2 Å². The summed E-state index contributed by atoms with van der Waals surface area (Å²) < 4.78 is 5.41. The Kier molecular flexibility index (Phi) is 5.69. The van der Waals surface area contributed by atoms with Crippen LogP contribution >= 0.6 is 15.9 Å². The number of hydrogen-bond donors (Lipinski definition) is 2. The Morgan fingerprint density at radius 3 is 2.59 bits per heavy atom. The van der Waals surface area contributed by atoms with E-state index < -0.39 is 35.9 Å². The van der Waals surface area contributed by atoms with Crippen LogP contribution in [0.3, 0.4) is 0 Å². The number of halogens is 1. The summed E-state index contributed by atoms with van der Waals surface area (Å²) in [6.07, 6.45) is 0. The molecule has 3 rings (SSSR count). The molecule has 150 valence electrons. The molecule has 2 N–H and O–H groups in total. The van der Waals surface area contributed by atoms with Crippen molar-refractivity contribution >= 4 is 45.4 Å². The molecular weight excluding hydrogens is 442 g/mol. The fraction of sp³-hybridized carbons (Fsp3) is 0.200. The number of amides is 4. The van der Waals surface area contributed by atoms with Gasteiger partial charge in [0.1, 0.15) is 12.1 Å². The lowest BCUT2D eigenvalue weighted by atomic mass is 9.92. The van der Waals surface area contributed by atoms with Gasteiger partial charge in [0.05, 0.1) is 12.7 Å². The van der Waals surface area contributed by atoms with E-state index >= 15 is 0 Å². The largest absolute Gasteiger partial charge is 0.465 e. The minimum Gasteiger partial charge on any atom is -0.465 e. The van der Waals surface area contributed by atoms with Crippen molar-refractivity contribution in [1.82, 2.24) is 10.2 Å². The predicted octanol–water partition coefficient (Wildman–Crippen LogP) is 2.64. The number of nitrogens with one attached hydrogen (secondary N) is 2. The zero-order chi connectivity index (χ0) is 21.2. The third kappa shape index (κ3) is 4.14. The molecule has 0 spiro atoms. The van der Waals surface area contributed by atoms with Crippen LogP contribution in [-0.2, 0) is 19.9 Å². The van der Waals surface area contributed by atoms with E-state index in [0.717, 1.165) is 9.37 Å². The third-order valence-electron chi connectivity index (χ3n) is 4.55. The molecule has 0 radical (unpaired) electrons. The Morgan fingerprint density at radius 1 is 1.17 bits per heavy atom. The summed E-state index contributed by atoms with van der Waals surface area (Å²) in [6.45, 7) is 1.13. The van der Waals surface area contributed by atoms with Crippen LogP contribution in [0.15, 0.2) is 53.0 Å². The maximum absolute atomic E-state index is 12.9. The Hall–Kier alpha value is -3.20. The summed E-state index contributed by atoms with van der Waals surface area (Å²) in [5.74, 6) is -1.65. The number of urea groups is 1. The molecule has 1 atom stereocenters. The number of hydrogen-bond acceptors (Lipinski definition) is 5. The van der Waals surface area contributed by atoms with Gasteiger partial charge in [0.25, 0.3) is 5.91 Å². The van der Waals surface area contributed by atoms with E-state index in [1.807, 2.05) is 6.07 Å². The van der Waals surface area contributed by atoms with Crippen molar-refractivity contribution in [3.8, 4) is 0 Å². The number of esters is 1. The summed E-state index contributed by atoms with van der Waals surface area (Å²) in [7, 11) is 1.26. The smallest absolute Gasteiger partial charge is 0.337 e. The number of anilines is 1. The summed E-state index contributed by atoms with van der Waals surface area (Å²) in [5, 5.41) is 5.23. The number of carbonyl (C=O) groups excluding carboxylic acids is 4. The van der Waals surface area contributed by atoms with Crippen molar-refractivity contribution < 1.29 is 23.9 Å². The number of imide groups is 1. The van der Waals surface area contributed by atoms with Gasteiger partial charge >= 0.3 is 12.0 Å². The first kappa shape index (κ1) is 20.5. The van der Waals surface area contributed by atoms with Gasteiger partial charge in [0.2, 0.25) is 5.91 Å². The number of nitrogens with zero attached hydrogens (tertiary/aromatic N) is 1. The van der Waals surface area contributed by atoms with Crippen molar-refractivity contribution in [3.05, 3.63) is 64.1 Å². The van der Waals surface area contributed by atoms with Crippen LogP contribution in [0.25, 0.3) is 0 Å². The van der Waals surface area contributed by atoms with E-state index in [1.54, 1.807) is 43.3 Å². The Bertz CT molecular complexity index is 1010. The molecule has 1 unspecified atom stereocenters. The normalized spacial score (nSPS) is 18.4. The first-order chi connectivity index (χ1) is 13.7. The van der Waals surface area contributed by atoms with Crippen LogP contribution in [-0.4, -0.2) is 42.4 Å². The average Bonchev–Trinajstić information content (AvgIpc) is 2.91. The van der Waals surface area contributed by atoms with Gasteiger partial charge in [0, 0.05) is 10.2 Å². The second-order valence-corrected chi connectivity index (χ2v) is 7.49. The molecule has 4 amide bonds. The van der Waals surface area contributed by atoms with Crippen molar-refractivity contribution in [2.45, 2.75) is 12.5 Å². The van der Waals surface area contributed by atoms with E-state index in [2.05, 4.69) is 31.3 Å². The maximum atomic E-state index is 12.9. The number of methoxy groups -OCH3 is 1. The lowest BCUT2D eigenvalue weighted by Crippen LogP contribution is -2.42. The van der Waals surface area contributed by atoms with Crippen LogP contribution in [0.5, 0.6) is 0 Å². The van der Waals surface area contributed by atoms with Crippen molar-refractivity contribution in [3.63, 3.8) is 0 Å². The second-order valence-electron chi connectivity index (χ2n) is 6.58. The maximum Gasteiger partial charge on any atom is 0.337 e. The van der Waals surface area contributed by atoms with Gasteiger partial charge in [0.15, 0.2) is 0 Å². The Labute approximate surface area is 175 Å². The molecule has 8 nitrogen and oxygen atoms in total. The van der Waals surface area contributed by atoms with Crippen LogP contribution in [0.1, 0.15) is 22.8 Å². The highest BCUT2D eigenvalue weighted by Gasteiger charge is 2.49. The van der Waals surface area contributed by atoms with Crippen molar-refractivity contribution in [1.29, 1.82) is 0 Å². The van der Waals surface area contributed by atoms with Crippen LogP contribution in [0.2, 0.25) is 0 Å². The second kappa shape index (κ2) is 8.04. The first-order valence-electron chi connectivity index (χ1n) is 8.63. The van der Waals surface area contributed by atoms with Gasteiger partial charge in [-0.1, -0.05) is 34.1 Å². The average molecular weight is 460 g/mol. The van der Waals surface area contributed by atoms with E-state index in [0.29, 0.717) is 11.3 Å². The molecule has 29 heavy (non-hydrogen) atoms. The lowest BCUT2D eigenvalue weighted by molar-refractivity contribution is -0.133. The Morgan fingerprint density at radius 2 is 1.90 bits per heavy atom. The zero-order valence-electron chi connectivity index (χ0n) is 15.7. The van der Waals surface area contributed by atoms with E-state index in [-0.39, 0.29) is 5.56 Å². The highest BCUT2D eigenvalue weighted by Crippen LogP contribution is 2.30. The SMILES string of the molecule is COC(=O)c1cccc(NC(=O)CN2C(=O)NC(C)(c3cccc(Br)c3)C2=O)c1. The standard InChI is InChI=1S/C20H18BrN3O5/c1-20(13-6-4-7-14(21)10-13)18(27)24(19(28)23-20)11-16(25)22-15-8-3-5-12(9-15)17(26)29-2/h3-10H,11H2,1-2H3,(H,22,25)(H,23,28). The molecule has 2 aromatic carbocycles. The zero-order valence-corrected chi connectivity index (χ0v) is 17.3. The molecule has 0 aromatic heterocycles. The number of rotatable bonds is 5. The monoisotopic (exact) mass is 459 g/mol. The Balaban J connectivity index is 1.73. The number of ether oxygens (including phenoxy) is 1. The number of carbonyl (C=O) groups is 4. The van der Waals surface area contributed by atoms with Crippen LogP contribution in [0, 0.1) is 0 Å². The van der Waals surface area contributed by atoms with E-state index in [1.165, 1.54) is 13.2 Å². The third-order valence-corrected chi connectivity index (χ3v) is 5.04. The predicted molar refractivity (Wildman–Crippen MR) is 108 cm³/mol. The van der Waals surface area contributed by atoms with Crippen LogP contribution < -0.4 is 10.6 Å². The molecule has 2 aromatic rings. The summed E-state index contributed by atoms with van der Waals surface area (Å²) >= 11 is 3.35. The van der Waals surface area contributed by atoms with E-state index in [4.69, 9.17) is 0 Å². The van der Waals surface area contributed by atoms with Crippen molar-refractivity contribution in [2.24, 2.45) is 0 Å². The topological polar surface area (TPSA) is 105 Å². The molecule has 1 aliphatic heterocycles. The highest BCUT2D eigenvalue weighted by molar-refractivity contribution is 9.10. The first-order valence-corrected chi connectivity index (χ1v) is 9.42. The summed E-state index contributed by atoms with van der Waals surface area (Å²) in [5.41, 5.74) is -0.0625. The minimum atomic E-state index is -1.27. The van der Waals surface area contributed by atoms with Gasteiger partial charge < -0.3 is 15.4 Å². The fourth-order valence-corrected chi connectivity index (χ4v) is 3.42. The molecular formula is C20H18BrN3O5. The summed E-state index contributed by atoms with van der Waals surface area (Å²) in [6, 6.07) is 12.5. The number of benzene rings is 2. The molecule has 1 heterocycles. The quantitative estimate of drug-likeness (QED) is 0.528. The molecule has 1 saturated heterocycles. The van der Waals surface area contributed by atoms with Crippen LogP contribution in [0.4, 0.5) is 10.5 Å². The lowest BCUT2D eigenvalue weighted by Gasteiger charge is -2.22. The van der Waals surface area contributed by atoms with Gasteiger partial charge in [-0.25, -0.2) is 9.59 Å². The molecule has 0 bridgehead atoms. The fourth-order valence-electron chi connectivity index (χ4n) is 3.02.